The number of nitrogens with one attached hydrogen (secondary N) is 1. The van der Waals surface area contributed by atoms with Gasteiger partial charge >= 0.3 is 0 Å². The molecule has 0 fully saturated rings. The highest BCUT2D eigenvalue weighted by Gasteiger charge is 2.22. The van der Waals surface area contributed by atoms with Crippen molar-refractivity contribution >= 4 is 26.7 Å². The van der Waals surface area contributed by atoms with E-state index in [1.54, 1.807) is 30.3 Å². The Kier molecular flexibility index (Phi) is 4.24. The second-order valence-electron chi connectivity index (χ2n) is 6.58. The van der Waals surface area contributed by atoms with E-state index in [0.717, 1.165) is 27.6 Å². The number of fused-ring (bicyclic) bond motifs is 1. The zero-order valence-electron chi connectivity index (χ0n) is 15.2. The molecule has 0 aliphatic carbocycles. The van der Waals surface area contributed by atoms with Gasteiger partial charge < -0.3 is 4.57 Å². The molecule has 4 rings (SSSR count). The maximum atomic E-state index is 12.9. The lowest BCUT2D eigenvalue weighted by Crippen LogP contribution is -2.15. The molecular weight excluding hydrogens is 356 g/mol. The highest BCUT2D eigenvalue weighted by atomic mass is 32.2. The molecule has 1 heterocycles. The molecule has 136 valence electrons. The van der Waals surface area contributed by atoms with Gasteiger partial charge in [-0.15, -0.1) is 0 Å². The summed E-state index contributed by atoms with van der Waals surface area (Å²) in [7, 11) is -1.82. The van der Waals surface area contributed by atoms with Gasteiger partial charge in [-0.05, 0) is 30.7 Å². The number of para-hydroxylation sites is 1. The van der Waals surface area contributed by atoms with Gasteiger partial charge in [0.1, 0.15) is 5.82 Å². The van der Waals surface area contributed by atoms with Crippen LogP contribution in [0.25, 0.3) is 22.0 Å². The second kappa shape index (κ2) is 6.59. The molecule has 0 aliphatic heterocycles. The fourth-order valence-electron chi connectivity index (χ4n) is 3.31. The lowest BCUT2D eigenvalue weighted by Gasteiger charge is -2.12. The molecule has 0 saturated carbocycles. The molecule has 0 amide bonds. The van der Waals surface area contributed by atoms with Crippen molar-refractivity contribution in [1.82, 2.24) is 4.57 Å². The Morgan fingerprint density at radius 1 is 0.815 bits per heavy atom. The van der Waals surface area contributed by atoms with E-state index < -0.39 is 10.0 Å². The van der Waals surface area contributed by atoms with Gasteiger partial charge in [-0.25, -0.2) is 8.42 Å². The first-order chi connectivity index (χ1) is 13.0. The van der Waals surface area contributed by atoms with Crippen LogP contribution in [0.3, 0.4) is 0 Å². The van der Waals surface area contributed by atoms with Gasteiger partial charge in [0.15, 0.2) is 0 Å². The Morgan fingerprint density at radius 2 is 1.44 bits per heavy atom. The summed E-state index contributed by atoms with van der Waals surface area (Å²) in [4.78, 5) is 0.241. The van der Waals surface area contributed by atoms with Crippen LogP contribution in [0.5, 0.6) is 0 Å². The number of hydrogen-bond donors (Lipinski definition) is 1. The van der Waals surface area contributed by atoms with E-state index in [9.17, 15) is 8.42 Å². The van der Waals surface area contributed by atoms with Crippen molar-refractivity contribution in [3.8, 4) is 11.1 Å². The standard InChI is InChI=1S/C22H20N2O2S/c1-16-12-14-17(15-13-16)21-19-10-6-7-11-20(19)24(2)22(21)23-27(25,26)18-8-4-3-5-9-18/h3-15,23H,1-2H3. The van der Waals surface area contributed by atoms with Crippen LogP contribution in [0.1, 0.15) is 5.56 Å². The third-order valence-electron chi connectivity index (χ3n) is 4.73. The van der Waals surface area contributed by atoms with Gasteiger partial charge in [-0.3, -0.25) is 4.72 Å². The molecule has 1 N–H and O–H groups in total. The van der Waals surface area contributed by atoms with Crippen molar-refractivity contribution in [3.63, 3.8) is 0 Å². The van der Waals surface area contributed by atoms with Crippen LogP contribution < -0.4 is 4.72 Å². The van der Waals surface area contributed by atoms with Crippen LogP contribution in [0.15, 0.2) is 83.8 Å². The molecule has 1 aromatic heterocycles. The lowest BCUT2D eigenvalue weighted by molar-refractivity contribution is 0.601. The van der Waals surface area contributed by atoms with Crippen LogP contribution in [0, 0.1) is 6.92 Å². The largest absolute Gasteiger partial charge is 0.329 e. The Bertz CT molecular complexity index is 1210. The van der Waals surface area contributed by atoms with Crippen LogP contribution in [0.2, 0.25) is 0 Å². The fourth-order valence-corrected chi connectivity index (χ4v) is 4.44. The van der Waals surface area contributed by atoms with E-state index in [1.807, 2.05) is 67.1 Å². The zero-order chi connectivity index (χ0) is 19.0. The summed E-state index contributed by atoms with van der Waals surface area (Å²) < 4.78 is 30.6. The molecule has 5 heteroatoms. The molecule has 3 aromatic carbocycles. The summed E-state index contributed by atoms with van der Waals surface area (Å²) in [5.74, 6) is 0.559. The quantitative estimate of drug-likeness (QED) is 0.548. The number of benzene rings is 3. The van der Waals surface area contributed by atoms with E-state index in [0.29, 0.717) is 5.82 Å². The SMILES string of the molecule is Cc1ccc(-c2c(NS(=O)(=O)c3ccccc3)n(C)c3ccccc23)cc1. The summed E-state index contributed by atoms with van der Waals surface area (Å²) >= 11 is 0. The molecule has 0 unspecified atom stereocenters. The maximum absolute atomic E-state index is 12.9. The number of rotatable bonds is 4. The minimum absolute atomic E-state index is 0.241. The van der Waals surface area contributed by atoms with Crippen molar-refractivity contribution in [1.29, 1.82) is 0 Å². The zero-order valence-corrected chi connectivity index (χ0v) is 16.0. The maximum Gasteiger partial charge on any atom is 0.263 e. The first kappa shape index (κ1) is 17.4. The van der Waals surface area contributed by atoms with E-state index in [1.165, 1.54) is 0 Å². The van der Waals surface area contributed by atoms with Crippen LogP contribution in [0.4, 0.5) is 5.82 Å². The molecule has 4 nitrogen and oxygen atoms in total. The third-order valence-corrected chi connectivity index (χ3v) is 6.09. The van der Waals surface area contributed by atoms with Gasteiger partial charge in [0.25, 0.3) is 10.0 Å². The van der Waals surface area contributed by atoms with E-state index in [-0.39, 0.29) is 4.90 Å². The average molecular weight is 376 g/mol. The topological polar surface area (TPSA) is 51.1 Å². The molecule has 27 heavy (non-hydrogen) atoms. The summed E-state index contributed by atoms with van der Waals surface area (Å²) in [6.07, 6.45) is 0. The van der Waals surface area contributed by atoms with Gasteiger partial charge in [-0.1, -0.05) is 66.2 Å². The van der Waals surface area contributed by atoms with Crippen LogP contribution in [-0.2, 0) is 17.1 Å². The van der Waals surface area contributed by atoms with Crippen molar-refractivity contribution in [3.05, 3.63) is 84.4 Å². The number of aromatic nitrogens is 1. The first-order valence-electron chi connectivity index (χ1n) is 8.70. The molecule has 0 atom stereocenters. The molecular formula is C22H20N2O2S. The highest BCUT2D eigenvalue weighted by Crippen LogP contribution is 2.38. The van der Waals surface area contributed by atoms with Crippen molar-refractivity contribution in [2.24, 2.45) is 7.05 Å². The van der Waals surface area contributed by atoms with Crippen LogP contribution >= 0.6 is 0 Å². The third kappa shape index (κ3) is 3.11. The minimum Gasteiger partial charge on any atom is -0.329 e. The summed E-state index contributed by atoms with van der Waals surface area (Å²) in [5.41, 5.74) is 3.99. The molecule has 0 aliphatic rings. The van der Waals surface area contributed by atoms with Crippen molar-refractivity contribution in [2.45, 2.75) is 11.8 Å². The normalized spacial score (nSPS) is 11.6. The van der Waals surface area contributed by atoms with E-state index in [2.05, 4.69) is 4.72 Å². The van der Waals surface area contributed by atoms with Gasteiger partial charge in [0.05, 0.1) is 10.4 Å². The molecule has 0 spiro atoms. The lowest BCUT2D eigenvalue weighted by atomic mass is 10.0. The average Bonchev–Trinajstić information content (AvgIpc) is 2.95. The fraction of sp³-hybridized carbons (Fsp3) is 0.0909. The van der Waals surface area contributed by atoms with Crippen LogP contribution in [-0.4, -0.2) is 13.0 Å². The molecule has 4 aromatic rings. The van der Waals surface area contributed by atoms with E-state index in [4.69, 9.17) is 0 Å². The first-order valence-corrected chi connectivity index (χ1v) is 10.2. The minimum atomic E-state index is -3.69. The van der Waals surface area contributed by atoms with Gasteiger partial charge in [0.2, 0.25) is 0 Å². The Hall–Kier alpha value is -3.05. The Labute approximate surface area is 159 Å². The summed E-state index contributed by atoms with van der Waals surface area (Å²) in [6.45, 7) is 2.03. The Morgan fingerprint density at radius 3 is 2.15 bits per heavy atom. The Balaban J connectivity index is 1.94. The highest BCUT2D eigenvalue weighted by molar-refractivity contribution is 7.92. The molecule has 0 saturated heterocycles. The number of anilines is 1. The van der Waals surface area contributed by atoms with Crippen molar-refractivity contribution in [2.75, 3.05) is 4.72 Å². The smallest absolute Gasteiger partial charge is 0.263 e. The van der Waals surface area contributed by atoms with Crippen molar-refractivity contribution < 1.29 is 8.42 Å². The molecule has 0 bridgehead atoms. The predicted octanol–water partition coefficient (Wildman–Crippen LogP) is 4.95. The monoisotopic (exact) mass is 376 g/mol. The molecule has 0 radical (unpaired) electrons. The number of hydrogen-bond acceptors (Lipinski definition) is 2. The second-order valence-corrected chi connectivity index (χ2v) is 8.27. The summed E-state index contributed by atoms with van der Waals surface area (Å²) in [5, 5.41) is 1.01. The van der Waals surface area contributed by atoms with Gasteiger partial charge in [-0.2, -0.15) is 0 Å². The van der Waals surface area contributed by atoms with Gasteiger partial charge in [0, 0.05) is 18.0 Å². The number of aryl methyl sites for hydroxylation is 2. The predicted molar refractivity (Wildman–Crippen MR) is 110 cm³/mol. The number of nitrogens with zero attached hydrogens (tertiary/aromatic N) is 1. The summed E-state index contributed by atoms with van der Waals surface area (Å²) in [6, 6.07) is 24.5. The van der Waals surface area contributed by atoms with E-state index >= 15 is 0 Å². The number of sulfonamides is 1.